The summed E-state index contributed by atoms with van der Waals surface area (Å²) in [4.78, 5) is 16.1. The number of carbonyl (C=O) groups is 1. The Bertz CT molecular complexity index is 981. The van der Waals surface area contributed by atoms with Crippen LogP contribution in [0, 0.1) is 5.82 Å². The molecule has 1 heterocycles. The summed E-state index contributed by atoms with van der Waals surface area (Å²) < 4.78 is 25.3. The molecule has 0 fully saturated rings. The lowest BCUT2D eigenvalue weighted by molar-refractivity contribution is 0.246. The lowest BCUT2D eigenvalue weighted by atomic mass is 10.1. The zero-order valence-corrected chi connectivity index (χ0v) is 15.7. The molecule has 28 heavy (non-hydrogen) atoms. The first kappa shape index (κ1) is 19.5. The number of halogens is 1. The number of amides is 2. The summed E-state index contributed by atoms with van der Waals surface area (Å²) >= 11 is 1.26. The molecule has 2 aromatic carbocycles. The van der Waals surface area contributed by atoms with Crippen LogP contribution in [0.4, 0.5) is 14.9 Å². The average Bonchev–Trinajstić information content (AvgIpc) is 3.20. The van der Waals surface area contributed by atoms with Crippen molar-refractivity contribution in [2.24, 2.45) is 11.7 Å². The van der Waals surface area contributed by atoms with Gasteiger partial charge in [-0.1, -0.05) is 29.5 Å². The third kappa shape index (κ3) is 4.03. The van der Waals surface area contributed by atoms with Crippen molar-refractivity contribution >= 4 is 23.1 Å². The number of hydrazine groups is 2. The molecule has 8 nitrogen and oxygen atoms in total. The Morgan fingerprint density at radius 3 is 2.82 bits per heavy atom. The van der Waals surface area contributed by atoms with Gasteiger partial charge < -0.3 is 9.47 Å². The van der Waals surface area contributed by atoms with Gasteiger partial charge in [-0.05, 0) is 24.3 Å². The third-order valence-corrected chi connectivity index (χ3v) is 4.65. The SMILES string of the molecule is COc1ccccc1-c1csc(OCc2c(F)cccc2N(N)C(=O)NN)n1. The van der Waals surface area contributed by atoms with Gasteiger partial charge in [0.1, 0.15) is 18.2 Å². The maximum atomic E-state index is 14.3. The van der Waals surface area contributed by atoms with Gasteiger partial charge in [0.05, 0.1) is 24.1 Å². The lowest BCUT2D eigenvalue weighted by Crippen LogP contribution is -2.48. The summed E-state index contributed by atoms with van der Waals surface area (Å²) in [6, 6.07) is 10.8. The summed E-state index contributed by atoms with van der Waals surface area (Å²) in [5.41, 5.74) is 3.61. The maximum absolute atomic E-state index is 14.3. The van der Waals surface area contributed by atoms with Gasteiger partial charge in [-0.3, -0.25) is 5.43 Å². The topological polar surface area (TPSA) is 116 Å². The Kier molecular flexibility index (Phi) is 6.04. The van der Waals surface area contributed by atoms with Crippen LogP contribution < -0.4 is 31.6 Å². The van der Waals surface area contributed by atoms with Gasteiger partial charge in [-0.15, -0.1) is 0 Å². The van der Waals surface area contributed by atoms with Gasteiger partial charge in [0.2, 0.25) is 0 Å². The van der Waals surface area contributed by atoms with Gasteiger partial charge in [-0.2, -0.15) is 0 Å². The zero-order chi connectivity index (χ0) is 20.1. The highest BCUT2D eigenvalue weighted by atomic mass is 32.1. The first-order chi connectivity index (χ1) is 13.5. The monoisotopic (exact) mass is 403 g/mol. The summed E-state index contributed by atoms with van der Waals surface area (Å²) in [5.74, 6) is 10.9. The van der Waals surface area contributed by atoms with Crippen molar-refractivity contribution in [3.8, 4) is 22.2 Å². The smallest absolute Gasteiger partial charge is 0.350 e. The number of nitrogens with two attached hydrogens (primary N) is 2. The Morgan fingerprint density at radius 2 is 2.07 bits per heavy atom. The van der Waals surface area contributed by atoms with Crippen molar-refractivity contribution in [3.05, 3.63) is 59.2 Å². The lowest BCUT2D eigenvalue weighted by Gasteiger charge is -2.19. The Labute approximate surface area is 164 Å². The minimum atomic E-state index is -0.792. The fourth-order valence-electron chi connectivity index (χ4n) is 2.53. The summed E-state index contributed by atoms with van der Waals surface area (Å²) in [5, 5.41) is 2.86. The van der Waals surface area contributed by atoms with Gasteiger partial charge >= 0.3 is 6.03 Å². The number of nitrogens with zero attached hydrogens (tertiary/aromatic N) is 2. The number of anilines is 1. The summed E-state index contributed by atoms with van der Waals surface area (Å²) in [6.07, 6.45) is 0. The molecule has 0 bridgehead atoms. The summed E-state index contributed by atoms with van der Waals surface area (Å²) in [7, 11) is 1.58. The normalized spacial score (nSPS) is 10.4. The van der Waals surface area contributed by atoms with E-state index in [1.165, 1.54) is 29.5 Å². The number of rotatable bonds is 6. The van der Waals surface area contributed by atoms with E-state index >= 15 is 0 Å². The van der Waals surface area contributed by atoms with E-state index in [9.17, 15) is 9.18 Å². The van der Waals surface area contributed by atoms with Crippen LogP contribution in [0.15, 0.2) is 47.8 Å². The van der Waals surface area contributed by atoms with E-state index in [1.54, 1.807) is 7.11 Å². The number of ether oxygens (including phenoxy) is 2. The largest absolute Gasteiger partial charge is 0.496 e. The molecule has 10 heteroatoms. The fourth-order valence-corrected chi connectivity index (χ4v) is 3.20. The summed E-state index contributed by atoms with van der Waals surface area (Å²) in [6.45, 7) is -0.174. The number of urea groups is 1. The van der Waals surface area contributed by atoms with Crippen LogP contribution in [0.2, 0.25) is 0 Å². The molecule has 0 saturated carbocycles. The van der Waals surface area contributed by atoms with Crippen molar-refractivity contribution in [2.45, 2.75) is 6.61 Å². The second-order valence-corrected chi connectivity index (χ2v) is 6.37. The van der Waals surface area contributed by atoms with Crippen LogP contribution in [-0.4, -0.2) is 18.1 Å². The number of thiazole rings is 1. The molecular formula is C18H18FN5O3S. The molecule has 0 atom stereocenters. The quantitative estimate of drug-likeness (QED) is 0.331. The first-order valence-electron chi connectivity index (χ1n) is 8.09. The third-order valence-electron chi connectivity index (χ3n) is 3.90. The molecule has 0 radical (unpaired) electrons. The second kappa shape index (κ2) is 8.65. The van der Waals surface area contributed by atoms with E-state index in [0.717, 1.165) is 5.56 Å². The molecule has 3 aromatic rings. The zero-order valence-electron chi connectivity index (χ0n) is 14.9. The number of carbonyl (C=O) groups excluding carboxylic acids is 1. The minimum absolute atomic E-state index is 0.0997. The van der Waals surface area contributed by atoms with Gasteiger partial charge in [-0.25, -0.2) is 30.9 Å². The highest BCUT2D eigenvalue weighted by molar-refractivity contribution is 7.11. The van der Waals surface area contributed by atoms with Crippen LogP contribution in [-0.2, 0) is 6.61 Å². The van der Waals surface area contributed by atoms with Gasteiger partial charge in [0.15, 0.2) is 0 Å². The number of aromatic nitrogens is 1. The number of nitrogens with one attached hydrogen (secondary N) is 1. The van der Waals surface area contributed by atoms with Crippen LogP contribution in [0.25, 0.3) is 11.3 Å². The van der Waals surface area contributed by atoms with Crippen LogP contribution in [0.5, 0.6) is 10.9 Å². The molecule has 1 aromatic heterocycles. The molecule has 0 unspecified atom stereocenters. The predicted octanol–water partition coefficient (Wildman–Crippen LogP) is 2.80. The predicted molar refractivity (Wildman–Crippen MR) is 104 cm³/mol. The molecule has 146 valence electrons. The molecular weight excluding hydrogens is 385 g/mol. The molecule has 5 N–H and O–H groups in total. The highest BCUT2D eigenvalue weighted by Gasteiger charge is 2.18. The number of benzene rings is 2. The molecule has 0 spiro atoms. The number of hydrogen-bond donors (Lipinski definition) is 3. The van der Waals surface area contributed by atoms with Crippen molar-refractivity contribution < 1.29 is 18.7 Å². The van der Waals surface area contributed by atoms with E-state index in [1.807, 2.05) is 35.1 Å². The van der Waals surface area contributed by atoms with E-state index in [0.29, 0.717) is 21.6 Å². The van der Waals surface area contributed by atoms with Crippen LogP contribution in [0.3, 0.4) is 0 Å². The van der Waals surface area contributed by atoms with Crippen LogP contribution >= 0.6 is 11.3 Å². The van der Waals surface area contributed by atoms with Crippen molar-refractivity contribution in [2.75, 3.05) is 12.1 Å². The number of hydrogen-bond acceptors (Lipinski definition) is 7. The van der Waals surface area contributed by atoms with Gasteiger partial charge in [0, 0.05) is 10.9 Å². The molecule has 2 amide bonds. The van der Waals surface area contributed by atoms with E-state index < -0.39 is 11.8 Å². The minimum Gasteiger partial charge on any atom is -0.496 e. The molecule has 0 aliphatic heterocycles. The molecule has 0 saturated heterocycles. The Morgan fingerprint density at radius 1 is 1.29 bits per heavy atom. The Balaban J connectivity index is 1.81. The fraction of sp³-hybridized carbons (Fsp3) is 0.111. The number of para-hydroxylation sites is 1. The second-order valence-electron chi connectivity index (χ2n) is 5.54. The van der Waals surface area contributed by atoms with E-state index in [-0.39, 0.29) is 17.9 Å². The van der Waals surface area contributed by atoms with Gasteiger partial charge in [0.25, 0.3) is 5.19 Å². The first-order valence-corrected chi connectivity index (χ1v) is 8.97. The molecule has 0 aliphatic rings. The molecule has 0 aliphatic carbocycles. The standard InChI is InChI=1S/C18H18FN5O3S/c1-26-16-8-3-2-5-11(16)14-10-28-18(22-14)27-9-12-13(19)6-4-7-15(12)24(21)17(25)23-20/h2-8,10H,9,20-21H2,1H3,(H,23,25). The van der Waals surface area contributed by atoms with Crippen molar-refractivity contribution in [1.29, 1.82) is 0 Å². The van der Waals surface area contributed by atoms with Crippen molar-refractivity contribution in [1.82, 2.24) is 10.4 Å². The Hall–Kier alpha value is -3.21. The maximum Gasteiger partial charge on any atom is 0.350 e. The van der Waals surface area contributed by atoms with Crippen LogP contribution in [0.1, 0.15) is 5.56 Å². The van der Waals surface area contributed by atoms with Crippen molar-refractivity contribution in [3.63, 3.8) is 0 Å². The number of methoxy groups -OCH3 is 1. The molecule has 3 rings (SSSR count). The highest BCUT2D eigenvalue weighted by Crippen LogP contribution is 2.33. The average molecular weight is 403 g/mol. The van der Waals surface area contributed by atoms with E-state index in [2.05, 4.69) is 4.98 Å². The van der Waals surface area contributed by atoms with E-state index in [4.69, 9.17) is 21.2 Å².